The molecule has 3 heterocycles. The average molecular weight is 648 g/mol. The van der Waals surface area contributed by atoms with E-state index in [4.69, 9.17) is 23.5 Å². The fourth-order valence-electron chi connectivity index (χ4n) is 6.76. The molecule has 5 nitrogen and oxygen atoms in total. The topological polar surface area (TPSA) is 56.7 Å². The van der Waals surface area contributed by atoms with Gasteiger partial charge in [0.1, 0.15) is 5.58 Å². The van der Waals surface area contributed by atoms with Crippen molar-refractivity contribution in [2.75, 3.05) is 0 Å². The predicted molar refractivity (Wildman–Crippen MR) is 203 cm³/mol. The Morgan fingerprint density at radius 2 is 1.10 bits per heavy atom. The lowest BCUT2D eigenvalue weighted by molar-refractivity contribution is 0.666. The molecule has 0 amide bonds. The van der Waals surface area contributed by atoms with Crippen molar-refractivity contribution < 1.29 is 14.0 Å². The van der Waals surface area contributed by atoms with Gasteiger partial charge in [0.25, 0.3) is 0 Å². The van der Waals surface area contributed by atoms with E-state index in [0.717, 1.165) is 21.9 Å². The van der Waals surface area contributed by atoms with E-state index in [1.807, 2.05) is 121 Å². The maximum absolute atomic E-state index is 9.49. The van der Waals surface area contributed by atoms with Crippen LogP contribution in [0.4, 0.5) is 0 Å². The maximum atomic E-state index is 9.49. The number of aromatic nitrogens is 4. The van der Waals surface area contributed by atoms with Gasteiger partial charge in [0.2, 0.25) is 0 Å². The molecule has 0 bridgehead atoms. The fourth-order valence-corrected chi connectivity index (χ4v) is 6.76. The van der Waals surface area contributed by atoms with Crippen LogP contribution in [0, 0.1) is 0 Å². The third kappa shape index (κ3) is 4.45. The largest absolute Gasteiger partial charge is 0.454 e. The van der Waals surface area contributed by atoms with Crippen molar-refractivity contribution in [3.8, 4) is 51.0 Å². The standard InChI is InChI=1S/C45H28N4O/c1-4-15-29(16-5-1)32-22-14-28-39-40(32)35-24-13-27-38(42(35)50-39)49-37-26-11-10-21-33(37)34-23-12-25-36(41(34)49)45-47-43(30-17-6-2-7-18-30)46-44(48-45)31-19-8-3-9-20-31/h1-28H/i10D,11D,12D,21D,23D,25D,26D. The molecule has 234 valence electrons. The molecule has 0 aliphatic rings. The Bertz CT molecular complexity index is 3200. The molecule has 0 radical (unpaired) electrons. The molecule has 50 heavy (non-hydrogen) atoms. The Kier molecular flexibility index (Phi) is 4.99. The van der Waals surface area contributed by atoms with Gasteiger partial charge in [-0.05, 0) is 35.3 Å². The first-order chi connectivity index (χ1) is 27.7. The van der Waals surface area contributed by atoms with Gasteiger partial charge in [0, 0.05) is 38.2 Å². The smallest absolute Gasteiger partial charge is 0.166 e. The summed E-state index contributed by atoms with van der Waals surface area (Å²) >= 11 is 0. The number of furan rings is 1. The predicted octanol–water partition coefficient (Wildman–Crippen LogP) is 11.5. The van der Waals surface area contributed by atoms with Crippen LogP contribution in [0.15, 0.2) is 174 Å². The van der Waals surface area contributed by atoms with Crippen LogP contribution in [0.3, 0.4) is 0 Å². The van der Waals surface area contributed by atoms with Crippen LogP contribution in [0.2, 0.25) is 0 Å². The summed E-state index contributed by atoms with van der Waals surface area (Å²) < 4.78 is 72.2. The number of hydrogen-bond donors (Lipinski definition) is 0. The number of benzene rings is 7. The fraction of sp³-hybridized carbons (Fsp3) is 0. The highest BCUT2D eigenvalue weighted by atomic mass is 16.3. The van der Waals surface area contributed by atoms with Gasteiger partial charge in [0.05, 0.1) is 26.3 Å². The zero-order valence-corrected chi connectivity index (χ0v) is 26.3. The van der Waals surface area contributed by atoms with Gasteiger partial charge in [-0.3, -0.25) is 0 Å². The van der Waals surface area contributed by atoms with Crippen molar-refractivity contribution in [2.24, 2.45) is 0 Å². The van der Waals surface area contributed by atoms with Crippen LogP contribution in [-0.4, -0.2) is 19.5 Å². The minimum Gasteiger partial charge on any atom is -0.454 e. The first-order valence-corrected chi connectivity index (χ1v) is 16.1. The van der Waals surface area contributed by atoms with E-state index in [1.165, 1.54) is 0 Å². The van der Waals surface area contributed by atoms with Crippen LogP contribution < -0.4 is 0 Å². The average Bonchev–Trinajstić information content (AvgIpc) is 3.82. The molecule has 0 saturated carbocycles. The zero-order chi connectivity index (χ0) is 39.1. The Labute approximate surface area is 297 Å². The Morgan fingerprint density at radius 1 is 0.480 bits per heavy atom. The van der Waals surface area contributed by atoms with Crippen LogP contribution >= 0.6 is 0 Å². The van der Waals surface area contributed by atoms with Gasteiger partial charge in [0.15, 0.2) is 23.1 Å². The highest BCUT2D eigenvalue weighted by Crippen LogP contribution is 2.43. The van der Waals surface area contributed by atoms with Crippen molar-refractivity contribution in [1.82, 2.24) is 19.5 Å². The summed E-state index contributed by atoms with van der Waals surface area (Å²) in [5.41, 5.74) is 5.04. The summed E-state index contributed by atoms with van der Waals surface area (Å²) in [6.45, 7) is 0. The Hall–Kier alpha value is -6.85. The lowest BCUT2D eigenvalue weighted by Gasteiger charge is -2.13. The molecule has 5 heteroatoms. The van der Waals surface area contributed by atoms with E-state index in [-0.39, 0.29) is 57.4 Å². The summed E-state index contributed by atoms with van der Waals surface area (Å²) in [5, 5.41) is 1.71. The Balaban J connectivity index is 1.40. The molecule has 0 aliphatic carbocycles. The van der Waals surface area contributed by atoms with Gasteiger partial charge >= 0.3 is 0 Å². The van der Waals surface area contributed by atoms with Crippen LogP contribution in [0.25, 0.3) is 94.7 Å². The highest BCUT2D eigenvalue weighted by molar-refractivity contribution is 6.17. The zero-order valence-electron chi connectivity index (χ0n) is 33.3. The number of fused-ring (bicyclic) bond motifs is 6. The number of rotatable bonds is 5. The second-order valence-electron chi connectivity index (χ2n) is 11.9. The molecule has 10 aromatic rings. The first kappa shape index (κ1) is 21.9. The molecule has 0 unspecified atom stereocenters. The summed E-state index contributed by atoms with van der Waals surface area (Å²) in [6, 6.07) is 37.2. The lowest BCUT2D eigenvalue weighted by Crippen LogP contribution is -2.02. The van der Waals surface area contributed by atoms with Crippen molar-refractivity contribution in [1.29, 1.82) is 0 Å². The molecule has 0 atom stereocenters. The molecule has 0 saturated heterocycles. The Morgan fingerprint density at radius 3 is 1.82 bits per heavy atom. The normalized spacial score (nSPS) is 13.6. The van der Waals surface area contributed by atoms with Gasteiger partial charge in [-0.2, -0.15) is 0 Å². The van der Waals surface area contributed by atoms with Crippen molar-refractivity contribution in [2.45, 2.75) is 0 Å². The van der Waals surface area contributed by atoms with Crippen molar-refractivity contribution in [3.63, 3.8) is 0 Å². The molecule has 0 aliphatic heterocycles. The maximum Gasteiger partial charge on any atom is 0.166 e. The molecule has 0 spiro atoms. The second-order valence-corrected chi connectivity index (χ2v) is 11.9. The third-order valence-electron chi connectivity index (χ3n) is 8.96. The van der Waals surface area contributed by atoms with E-state index in [9.17, 15) is 5.48 Å². The summed E-state index contributed by atoms with van der Waals surface area (Å²) in [6.07, 6.45) is 0. The van der Waals surface area contributed by atoms with E-state index in [0.29, 0.717) is 39.6 Å². The molecule has 3 aromatic heterocycles. The van der Waals surface area contributed by atoms with Crippen LogP contribution in [0.5, 0.6) is 0 Å². The molecule has 0 N–H and O–H groups in total. The summed E-state index contributed by atoms with van der Waals surface area (Å²) in [4.78, 5) is 14.7. The number of hydrogen-bond acceptors (Lipinski definition) is 4. The summed E-state index contributed by atoms with van der Waals surface area (Å²) in [7, 11) is 0. The van der Waals surface area contributed by atoms with Gasteiger partial charge in [-0.1, -0.05) is 145 Å². The van der Waals surface area contributed by atoms with E-state index in [2.05, 4.69) is 0 Å². The summed E-state index contributed by atoms with van der Waals surface area (Å²) in [5.74, 6) is 0.662. The number of para-hydroxylation sites is 3. The SMILES string of the molecule is [2H]c1c([2H])c([2H])c2c(c1[2H])c1c([2H])c([2H])c([2H])c(-c3nc(-c4ccccc4)nc(-c4ccccc4)n3)c1n2-c1cccc2c1oc1cccc(-c3ccccc3)c12. The minimum atomic E-state index is -0.485. The highest BCUT2D eigenvalue weighted by Gasteiger charge is 2.23. The first-order valence-electron chi connectivity index (χ1n) is 19.6. The van der Waals surface area contributed by atoms with E-state index >= 15 is 0 Å². The van der Waals surface area contributed by atoms with E-state index in [1.54, 1.807) is 10.6 Å². The van der Waals surface area contributed by atoms with Gasteiger partial charge < -0.3 is 8.98 Å². The van der Waals surface area contributed by atoms with Crippen molar-refractivity contribution in [3.05, 3.63) is 170 Å². The monoisotopic (exact) mass is 647 g/mol. The molecule has 10 rings (SSSR count). The molecule has 0 fully saturated rings. The quantitative estimate of drug-likeness (QED) is 0.186. The second kappa shape index (κ2) is 11.4. The van der Waals surface area contributed by atoms with Gasteiger partial charge in [-0.25, -0.2) is 15.0 Å². The minimum absolute atomic E-state index is 0.0358. The van der Waals surface area contributed by atoms with Crippen molar-refractivity contribution >= 4 is 43.7 Å². The molecule has 7 aromatic carbocycles. The van der Waals surface area contributed by atoms with Gasteiger partial charge in [-0.15, -0.1) is 0 Å². The third-order valence-corrected chi connectivity index (χ3v) is 8.96. The number of nitrogens with zero attached hydrogens (tertiary/aromatic N) is 4. The molecular formula is C45H28N4O. The van der Waals surface area contributed by atoms with Crippen LogP contribution in [-0.2, 0) is 0 Å². The van der Waals surface area contributed by atoms with E-state index < -0.39 is 18.1 Å². The lowest BCUT2D eigenvalue weighted by atomic mass is 9.99. The van der Waals surface area contributed by atoms with Crippen LogP contribution in [0.1, 0.15) is 9.60 Å². The molecular weight excluding hydrogens is 613 g/mol.